The predicted octanol–water partition coefficient (Wildman–Crippen LogP) is 4.45. The van der Waals surface area contributed by atoms with E-state index in [1.165, 1.54) is 0 Å². The number of nitrogens with one attached hydrogen (secondary N) is 1. The molecule has 0 saturated carbocycles. The normalized spacial score (nSPS) is 19.3. The third-order valence-corrected chi connectivity index (χ3v) is 5.02. The van der Waals surface area contributed by atoms with E-state index in [1.807, 2.05) is 31.2 Å². The Labute approximate surface area is 149 Å². The van der Waals surface area contributed by atoms with Gasteiger partial charge in [0.25, 0.3) is 5.91 Å². The highest BCUT2D eigenvalue weighted by atomic mass is 127. The molecule has 122 valence electrons. The number of hydrogen-bond donors (Lipinski definition) is 2. The molecule has 0 radical (unpaired) electrons. The highest BCUT2D eigenvalue weighted by molar-refractivity contribution is 14.1. The highest BCUT2D eigenvalue weighted by Gasteiger charge is 2.37. The van der Waals surface area contributed by atoms with Gasteiger partial charge in [-0.05, 0) is 65.6 Å². The van der Waals surface area contributed by atoms with Gasteiger partial charge in [0, 0.05) is 26.8 Å². The summed E-state index contributed by atoms with van der Waals surface area (Å²) in [5, 5.41) is 13.3. The van der Waals surface area contributed by atoms with Crippen LogP contribution in [-0.4, -0.2) is 11.0 Å². The average Bonchev–Trinajstić information content (AvgIpc) is 2.77. The molecule has 2 aromatic rings. The molecule has 1 atom stereocenters. The Morgan fingerprint density at radius 2 is 2.00 bits per heavy atom. The van der Waals surface area contributed by atoms with Crippen molar-refractivity contribution in [2.45, 2.75) is 39.7 Å². The van der Waals surface area contributed by atoms with Gasteiger partial charge in [-0.2, -0.15) is 0 Å². The summed E-state index contributed by atoms with van der Waals surface area (Å²) in [7, 11) is 0. The second-order valence-electron chi connectivity index (χ2n) is 6.91. The Morgan fingerprint density at radius 3 is 2.65 bits per heavy atom. The molecular weight excluding hydrogens is 405 g/mol. The summed E-state index contributed by atoms with van der Waals surface area (Å²) in [6.07, 6.45) is 0.840. The zero-order valence-electron chi connectivity index (χ0n) is 13.4. The standard InChI is InChI=1S/C18H20INO3/c1-10-15-13(21)8-18(2,3)9-14(15)23-16(10)17(22)20-12-6-4-11(19)5-7-12/h4-7,13,21H,8-9H2,1-3H3,(H,20,22). The lowest BCUT2D eigenvalue weighted by Crippen LogP contribution is -2.24. The van der Waals surface area contributed by atoms with Gasteiger partial charge < -0.3 is 14.8 Å². The number of halogens is 1. The first-order valence-electron chi connectivity index (χ1n) is 7.64. The molecule has 5 heteroatoms. The van der Waals surface area contributed by atoms with Crippen LogP contribution < -0.4 is 5.32 Å². The molecule has 0 spiro atoms. The minimum Gasteiger partial charge on any atom is -0.455 e. The molecule has 0 aliphatic heterocycles. The van der Waals surface area contributed by atoms with Crippen molar-refractivity contribution in [2.24, 2.45) is 5.41 Å². The molecule has 1 unspecified atom stereocenters. The van der Waals surface area contributed by atoms with Gasteiger partial charge in [-0.25, -0.2) is 0 Å². The van der Waals surface area contributed by atoms with Gasteiger partial charge in [0.1, 0.15) is 5.76 Å². The average molecular weight is 425 g/mol. The van der Waals surface area contributed by atoms with E-state index in [4.69, 9.17) is 4.42 Å². The summed E-state index contributed by atoms with van der Waals surface area (Å²) in [6, 6.07) is 7.58. The molecule has 1 aliphatic carbocycles. The van der Waals surface area contributed by atoms with Gasteiger partial charge in [0.2, 0.25) is 0 Å². The lowest BCUT2D eigenvalue weighted by Gasteiger charge is -2.31. The number of hydrogen-bond acceptors (Lipinski definition) is 3. The number of furan rings is 1. The van der Waals surface area contributed by atoms with Crippen molar-refractivity contribution in [1.82, 2.24) is 0 Å². The zero-order chi connectivity index (χ0) is 16.8. The van der Waals surface area contributed by atoms with Crippen LogP contribution in [-0.2, 0) is 6.42 Å². The molecule has 4 nitrogen and oxygen atoms in total. The number of anilines is 1. The first-order valence-corrected chi connectivity index (χ1v) is 8.72. The summed E-state index contributed by atoms with van der Waals surface area (Å²) in [4.78, 5) is 12.5. The van der Waals surface area contributed by atoms with Crippen LogP contribution in [0.1, 0.15) is 53.8 Å². The fourth-order valence-electron chi connectivity index (χ4n) is 3.22. The third kappa shape index (κ3) is 3.30. The molecule has 1 amide bonds. The Morgan fingerprint density at radius 1 is 1.35 bits per heavy atom. The van der Waals surface area contributed by atoms with Gasteiger partial charge in [-0.3, -0.25) is 4.79 Å². The molecule has 1 aromatic carbocycles. The van der Waals surface area contributed by atoms with Gasteiger partial charge in [-0.1, -0.05) is 13.8 Å². The van der Waals surface area contributed by atoms with Crippen LogP contribution in [0, 0.1) is 15.9 Å². The number of aliphatic hydroxyl groups excluding tert-OH is 1. The monoisotopic (exact) mass is 425 g/mol. The van der Waals surface area contributed by atoms with Gasteiger partial charge in [0.05, 0.1) is 6.10 Å². The lowest BCUT2D eigenvalue weighted by atomic mass is 9.75. The Bertz CT molecular complexity index is 746. The smallest absolute Gasteiger partial charge is 0.291 e. The maximum atomic E-state index is 12.5. The van der Waals surface area contributed by atoms with Gasteiger partial charge in [-0.15, -0.1) is 0 Å². The van der Waals surface area contributed by atoms with E-state index in [0.717, 1.165) is 32.6 Å². The molecular formula is C18H20INO3. The Hall–Kier alpha value is -1.34. The number of benzene rings is 1. The molecule has 1 heterocycles. The lowest BCUT2D eigenvalue weighted by molar-refractivity contribution is 0.0910. The summed E-state index contributed by atoms with van der Waals surface area (Å²) in [5.74, 6) is 0.757. The number of carbonyl (C=O) groups excluding carboxylic acids is 1. The molecule has 0 saturated heterocycles. The zero-order valence-corrected chi connectivity index (χ0v) is 15.6. The highest BCUT2D eigenvalue weighted by Crippen LogP contribution is 2.44. The maximum Gasteiger partial charge on any atom is 0.291 e. The van der Waals surface area contributed by atoms with Crippen LogP contribution >= 0.6 is 22.6 Å². The second-order valence-corrected chi connectivity index (χ2v) is 8.16. The predicted molar refractivity (Wildman–Crippen MR) is 97.6 cm³/mol. The minimum absolute atomic E-state index is 0.0272. The minimum atomic E-state index is -0.572. The molecule has 1 aliphatic rings. The number of fused-ring (bicyclic) bond motifs is 1. The van der Waals surface area contributed by atoms with Crippen molar-refractivity contribution in [3.05, 3.63) is 50.5 Å². The van der Waals surface area contributed by atoms with Crippen molar-refractivity contribution in [2.75, 3.05) is 5.32 Å². The van der Waals surface area contributed by atoms with E-state index in [0.29, 0.717) is 12.2 Å². The fraction of sp³-hybridized carbons (Fsp3) is 0.389. The quantitative estimate of drug-likeness (QED) is 0.699. The largest absolute Gasteiger partial charge is 0.455 e. The van der Waals surface area contributed by atoms with Gasteiger partial charge in [0.15, 0.2) is 5.76 Å². The Kier molecular flexibility index (Phi) is 4.27. The summed E-state index contributed by atoms with van der Waals surface area (Å²) >= 11 is 2.22. The van der Waals surface area contributed by atoms with Crippen molar-refractivity contribution >= 4 is 34.2 Å². The van der Waals surface area contributed by atoms with E-state index < -0.39 is 6.10 Å². The van der Waals surface area contributed by atoms with E-state index in [1.54, 1.807) is 0 Å². The molecule has 2 N–H and O–H groups in total. The molecule has 0 bridgehead atoms. The molecule has 1 aromatic heterocycles. The van der Waals surface area contributed by atoms with E-state index >= 15 is 0 Å². The van der Waals surface area contributed by atoms with E-state index in [2.05, 4.69) is 41.8 Å². The molecule has 0 fully saturated rings. The van der Waals surface area contributed by atoms with Crippen LogP contribution in [0.15, 0.2) is 28.7 Å². The third-order valence-electron chi connectivity index (χ3n) is 4.30. The van der Waals surface area contributed by atoms with Crippen molar-refractivity contribution in [1.29, 1.82) is 0 Å². The van der Waals surface area contributed by atoms with Crippen LogP contribution in [0.2, 0.25) is 0 Å². The fourth-order valence-corrected chi connectivity index (χ4v) is 3.58. The van der Waals surface area contributed by atoms with E-state index in [-0.39, 0.29) is 11.3 Å². The van der Waals surface area contributed by atoms with Gasteiger partial charge >= 0.3 is 0 Å². The van der Waals surface area contributed by atoms with E-state index in [9.17, 15) is 9.90 Å². The van der Waals surface area contributed by atoms with Crippen LogP contribution in [0.3, 0.4) is 0 Å². The van der Waals surface area contributed by atoms with Crippen LogP contribution in [0.4, 0.5) is 5.69 Å². The first kappa shape index (κ1) is 16.5. The summed E-state index contributed by atoms with van der Waals surface area (Å²) in [5.41, 5.74) is 2.23. The van der Waals surface area contributed by atoms with Crippen molar-refractivity contribution in [3.63, 3.8) is 0 Å². The number of rotatable bonds is 2. The second kappa shape index (κ2) is 5.94. The summed E-state index contributed by atoms with van der Waals surface area (Å²) < 4.78 is 6.93. The van der Waals surface area contributed by atoms with Crippen molar-refractivity contribution in [3.8, 4) is 0 Å². The SMILES string of the molecule is Cc1c(C(=O)Nc2ccc(I)cc2)oc2c1C(O)CC(C)(C)C2. The maximum absolute atomic E-state index is 12.5. The number of aliphatic hydroxyl groups is 1. The Balaban J connectivity index is 1.89. The van der Waals surface area contributed by atoms with Crippen LogP contribution in [0.25, 0.3) is 0 Å². The number of amides is 1. The molecule has 3 rings (SSSR count). The van der Waals surface area contributed by atoms with Crippen LogP contribution in [0.5, 0.6) is 0 Å². The molecule has 23 heavy (non-hydrogen) atoms. The first-order chi connectivity index (χ1) is 10.8. The summed E-state index contributed by atoms with van der Waals surface area (Å²) in [6.45, 7) is 6.04. The van der Waals surface area contributed by atoms with Crippen molar-refractivity contribution < 1.29 is 14.3 Å². The topological polar surface area (TPSA) is 62.5 Å². The number of carbonyl (C=O) groups is 1.